The van der Waals surface area contributed by atoms with E-state index in [9.17, 15) is 0 Å². The molecule has 20 heavy (non-hydrogen) atoms. The lowest BCUT2D eigenvalue weighted by molar-refractivity contribution is 0.280. The number of hydrogen-bond acceptors (Lipinski definition) is 4. The first-order chi connectivity index (χ1) is 9.60. The molecule has 5 nitrogen and oxygen atoms in total. The van der Waals surface area contributed by atoms with Gasteiger partial charge < -0.3 is 9.47 Å². The summed E-state index contributed by atoms with van der Waals surface area (Å²) in [6.07, 6.45) is 1.56. The van der Waals surface area contributed by atoms with Crippen molar-refractivity contribution in [2.24, 2.45) is 5.92 Å². The Balaban J connectivity index is 2.03. The number of rotatable bonds is 6. The molecule has 0 saturated heterocycles. The Morgan fingerprint density at radius 3 is 2.80 bits per heavy atom. The Kier molecular flexibility index (Phi) is 5.00. The maximum Gasteiger partial charge on any atom is 0.164 e. The molecule has 0 aliphatic heterocycles. The van der Waals surface area contributed by atoms with Gasteiger partial charge in [-0.2, -0.15) is 5.10 Å². The van der Waals surface area contributed by atoms with E-state index in [-0.39, 0.29) is 0 Å². The Labute approximate surface area is 127 Å². The predicted molar refractivity (Wildman–Crippen MR) is 79.9 cm³/mol. The second kappa shape index (κ2) is 6.74. The van der Waals surface area contributed by atoms with Crippen molar-refractivity contribution in [3.8, 4) is 11.5 Å². The summed E-state index contributed by atoms with van der Waals surface area (Å²) in [5.74, 6) is 2.88. The summed E-state index contributed by atoms with van der Waals surface area (Å²) in [6.45, 7) is 5.51. The normalized spacial score (nSPS) is 10.8. The van der Waals surface area contributed by atoms with Gasteiger partial charge in [-0.25, -0.2) is 9.67 Å². The molecule has 0 N–H and O–H groups in total. The predicted octanol–water partition coefficient (Wildman–Crippen LogP) is 3.28. The van der Waals surface area contributed by atoms with Gasteiger partial charge in [0.2, 0.25) is 0 Å². The van der Waals surface area contributed by atoms with Crippen molar-refractivity contribution in [2.45, 2.75) is 27.0 Å². The van der Waals surface area contributed by atoms with Crippen LogP contribution in [0.3, 0.4) is 0 Å². The quantitative estimate of drug-likeness (QED) is 0.810. The Hall–Kier alpha value is -1.56. The van der Waals surface area contributed by atoms with E-state index in [1.807, 2.05) is 22.9 Å². The number of halogens is 1. The standard InChI is InChI=1S/C14H18BrN3O2/c1-10(2)7-18-14(16-9-17-18)8-20-13-5-4-11(19-3)6-12(13)15/h4-6,9-10H,7-8H2,1-3H3. The lowest BCUT2D eigenvalue weighted by atomic mass is 10.2. The van der Waals surface area contributed by atoms with Crippen LogP contribution in [0.5, 0.6) is 11.5 Å². The molecule has 0 aliphatic rings. The van der Waals surface area contributed by atoms with Crippen molar-refractivity contribution < 1.29 is 9.47 Å². The second-order valence-corrected chi connectivity index (χ2v) is 5.69. The molecule has 0 amide bonds. The van der Waals surface area contributed by atoms with E-state index in [4.69, 9.17) is 9.47 Å². The van der Waals surface area contributed by atoms with Crippen LogP contribution in [-0.2, 0) is 13.2 Å². The van der Waals surface area contributed by atoms with Gasteiger partial charge in [-0.3, -0.25) is 0 Å². The van der Waals surface area contributed by atoms with Crippen molar-refractivity contribution in [2.75, 3.05) is 7.11 Å². The molecule has 0 atom stereocenters. The summed E-state index contributed by atoms with van der Waals surface area (Å²) in [5, 5.41) is 4.21. The topological polar surface area (TPSA) is 49.2 Å². The average Bonchev–Trinajstić information content (AvgIpc) is 2.83. The zero-order valence-corrected chi connectivity index (χ0v) is 13.4. The summed E-state index contributed by atoms with van der Waals surface area (Å²) in [4.78, 5) is 4.23. The molecule has 2 aromatic rings. The van der Waals surface area contributed by atoms with Crippen LogP contribution in [0.25, 0.3) is 0 Å². The molecule has 0 radical (unpaired) electrons. The van der Waals surface area contributed by atoms with Gasteiger partial charge in [-0.05, 0) is 40.0 Å². The van der Waals surface area contributed by atoms with E-state index < -0.39 is 0 Å². The van der Waals surface area contributed by atoms with Crippen molar-refractivity contribution in [1.82, 2.24) is 14.8 Å². The number of hydrogen-bond donors (Lipinski definition) is 0. The van der Waals surface area contributed by atoms with Crippen molar-refractivity contribution in [3.05, 3.63) is 34.8 Å². The lowest BCUT2D eigenvalue weighted by Gasteiger charge is -2.11. The van der Waals surface area contributed by atoms with Gasteiger partial charge in [-0.15, -0.1) is 0 Å². The maximum atomic E-state index is 5.78. The third-order valence-corrected chi connectivity index (χ3v) is 3.35. The monoisotopic (exact) mass is 339 g/mol. The van der Waals surface area contributed by atoms with Crippen LogP contribution < -0.4 is 9.47 Å². The Morgan fingerprint density at radius 2 is 2.15 bits per heavy atom. The van der Waals surface area contributed by atoms with E-state index in [2.05, 4.69) is 39.9 Å². The summed E-state index contributed by atoms with van der Waals surface area (Å²) in [5.41, 5.74) is 0. The minimum Gasteiger partial charge on any atom is -0.497 e. The number of benzene rings is 1. The van der Waals surface area contributed by atoms with Gasteiger partial charge in [0.05, 0.1) is 11.6 Å². The Morgan fingerprint density at radius 1 is 1.35 bits per heavy atom. The maximum absolute atomic E-state index is 5.78. The molecule has 6 heteroatoms. The van der Waals surface area contributed by atoms with E-state index in [1.54, 1.807) is 13.4 Å². The summed E-state index contributed by atoms with van der Waals surface area (Å²) in [6, 6.07) is 5.60. The van der Waals surface area contributed by atoms with E-state index in [0.29, 0.717) is 12.5 Å². The van der Waals surface area contributed by atoms with Gasteiger partial charge in [0.15, 0.2) is 5.82 Å². The van der Waals surface area contributed by atoms with Gasteiger partial charge in [0, 0.05) is 6.54 Å². The minimum absolute atomic E-state index is 0.387. The third kappa shape index (κ3) is 3.72. The van der Waals surface area contributed by atoms with E-state index in [1.165, 1.54) is 0 Å². The highest BCUT2D eigenvalue weighted by atomic mass is 79.9. The number of methoxy groups -OCH3 is 1. The smallest absolute Gasteiger partial charge is 0.164 e. The molecule has 108 valence electrons. The van der Waals surface area contributed by atoms with Crippen molar-refractivity contribution >= 4 is 15.9 Å². The molecule has 1 heterocycles. The first kappa shape index (κ1) is 14.8. The van der Waals surface area contributed by atoms with Gasteiger partial charge in [0.1, 0.15) is 24.4 Å². The largest absolute Gasteiger partial charge is 0.497 e. The number of ether oxygens (including phenoxy) is 2. The van der Waals surface area contributed by atoms with Gasteiger partial charge in [-0.1, -0.05) is 13.8 Å². The van der Waals surface area contributed by atoms with Crippen molar-refractivity contribution in [3.63, 3.8) is 0 Å². The highest BCUT2D eigenvalue weighted by Crippen LogP contribution is 2.29. The van der Waals surface area contributed by atoms with E-state index >= 15 is 0 Å². The summed E-state index contributed by atoms with van der Waals surface area (Å²) < 4.78 is 13.7. The molecule has 0 unspecified atom stereocenters. The van der Waals surface area contributed by atoms with Crippen molar-refractivity contribution in [1.29, 1.82) is 0 Å². The third-order valence-electron chi connectivity index (χ3n) is 2.73. The molecule has 0 aliphatic carbocycles. The van der Waals surface area contributed by atoms with Crippen LogP contribution in [0, 0.1) is 5.92 Å². The lowest BCUT2D eigenvalue weighted by Crippen LogP contribution is -2.12. The molecule has 2 rings (SSSR count). The highest BCUT2D eigenvalue weighted by molar-refractivity contribution is 9.10. The zero-order valence-electron chi connectivity index (χ0n) is 11.8. The Bertz CT molecular complexity index is 569. The molecule has 0 fully saturated rings. The zero-order chi connectivity index (χ0) is 14.5. The van der Waals surface area contributed by atoms with Crippen LogP contribution in [-0.4, -0.2) is 21.9 Å². The molecule has 1 aromatic carbocycles. The highest BCUT2D eigenvalue weighted by Gasteiger charge is 2.09. The van der Waals surface area contributed by atoms with Crippen LogP contribution in [0.15, 0.2) is 29.0 Å². The molecule has 0 spiro atoms. The first-order valence-corrected chi connectivity index (χ1v) is 7.22. The number of aromatic nitrogens is 3. The molecule has 0 saturated carbocycles. The summed E-state index contributed by atoms with van der Waals surface area (Å²) >= 11 is 3.46. The second-order valence-electron chi connectivity index (χ2n) is 4.84. The van der Waals surface area contributed by atoms with Crippen LogP contribution in [0.2, 0.25) is 0 Å². The van der Waals surface area contributed by atoms with Crippen LogP contribution in [0.4, 0.5) is 0 Å². The minimum atomic E-state index is 0.387. The fourth-order valence-corrected chi connectivity index (χ4v) is 2.24. The van der Waals surface area contributed by atoms with Gasteiger partial charge in [0.25, 0.3) is 0 Å². The van der Waals surface area contributed by atoms with Gasteiger partial charge >= 0.3 is 0 Å². The fraction of sp³-hybridized carbons (Fsp3) is 0.429. The fourth-order valence-electron chi connectivity index (χ4n) is 1.77. The SMILES string of the molecule is COc1ccc(OCc2ncnn2CC(C)C)c(Br)c1. The molecule has 0 bridgehead atoms. The molecular weight excluding hydrogens is 322 g/mol. The van der Waals surface area contributed by atoms with Crippen LogP contribution >= 0.6 is 15.9 Å². The number of nitrogens with zero attached hydrogens (tertiary/aromatic N) is 3. The first-order valence-electron chi connectivity index (χ1n) is 6.43. The average molecular weight is 340 g/mol. The van der Waals surface area contributed by atoms with E-state index in [0.717, 1.165) is 28.3 Å². The summed E-state index contributed by atoms with van der Waals surface area (Å²) in [7, 11) is 1.64. The molecule has 1 aromatic heterocycles. The molecular formula is C14H18BrN3O2. The van der Waals surface area contributed by atoms with Crippen LogP contribution in [0.1, 0.15) is 19.7 Å².